The molecular weight excluding hydrogens is 952 g/mol. The van der Waals surface area contributed by atoms with Crippen molar-refractivity contribution in [3.05, 3.63) is 121 Å². The zero-order valence-corrected chi connectivity index (χ0v) is 43.8. The molecule has 3 radical (unpaired) electrons. The van der Waals surface area contributed by atoms with Gasteiger partial charge >= 0.3 is 0 Å². The Kier molecular flexibility index (Phi) is 17.9. The number of amides is 1. The van der Waals surface area contributed by atoms with Crippen molar-refractivity contribution in [3.63, 3.8) is 0 Å². The first kappa shape index (κ1) is 54.3. The standard InChI is InChI=1S/C41H31N5O14S3.3Na/c1-59-31-18-23(24-12-16-30(32(19-24)60-2)44-46-38-34(62(53,54)55)20-25-9-6-10-33(61(50,51)52)36(25)40(38)48)11-15-29(31)43-45-37-35(63(56,57)58)21-26-17-27(13-14-28(26)39(37)47)42-41(49)22-7-4-3-5-8-22;;;/h3-21,47-48H,1-2H3,(H,42,49)(H,50,51,52)(H,53,54,55)(H,56,57,58);;;. The summed E-state index contributed by atoms with van der Waals surface area (Å²) in [5, 5.41) is 40.5. The Hall–Kier alpha value is -4.34. The van der Waals surface area contributed by atoms with Crippen molar-refractivity contribution in [1.82, 2.24) is 0 Å². The van der Waals surface area contributed by atoms with Gasteiger partial charge in [-0.3, -0.25) is 18.5 Å². The van der Waals surface area contributed by atoms with Gasteiger partial charge in [0.05, 0.1) is 14.2 Å². The quantitative estimate of drug-likeness (QED) is 0.0387. The third-order valence-corrected chi connectivity index (χ3v) is 12.1. The fraction of sp³-hybridized carbons (Fsp3) is 0.0488. The summed E-state index contributed by atoms with van der Waals surface area (Å²) in [6.45, 7) is 0. The molecular formula is C41H31N5Na3O14S3. The average Bonchev–Trinajstić information content (AvgIpc) is 3.24. The number of hydrogen-bond donors (Lipinski definition) is 6. The maximum absolute atomic E-state index is 12.7. The predicted molar refractivity (Wildman–Crippen MR) is 246 cm³/mol. The molecule has 19 nitrogen and oxygen atoms in total. The number of phenolic OH excluding ortho intramolecular Hbond substituents is 2. The smallest absolute Gasteiger partial charge is 0.296 e. The number of rotatable bonds is 12. The van der Waals surface area contributed by atoms with Crippen LogP contribution in [0.1, 0.15) is 10.4 Å². The summed E-state index contributed by atoms with van der Waals surface area (Å²) in [6.07, 6.45) is 0. The number of hydrogen-bond acceptors (Lipinski definition) is 15. The van der Waals surface area contributed by atoms with E-state index in [4.69, 9.17) is 9.47 Å². The molecule has 0 fully saturated rings. The summed E-state index contributed by atoms with van der Waals surface area (Å²) >= 11 is 0. The molecule has 7 aromatic carbocycles. The van der Waals surface area contributed by atoms with Gasteiger partial charge in [-0.25, -0.2) is 0 Å². The molecule has 0 saturated heterocycles. The summed E-state index contributed by atoms with van der Waals surface area (Å²) in [4.78, 5) is 10.3. The topological polar surface area (TPSA) is 301 Å². The molecule has 66 heavy (non-hydrogen) atoms. The number of aromatic hydroxyl groups is 2. The summed E-state index contributed by atoms with van der Waals surface area (Å²) in [5.74, 6) is -1.87. The van der Waals surface area contributed by atoms with Gasteiger partial charge in [-0.2, -0.15) is 25.3 Å². The number of carbonyl (C=O) groups excluding carboxylic acids is 1. The number of anilines is 1. The number of methoxy groups -OCH3 is 2. The van der Waals surface area contributed by atoms with Gasteiger partial charge in [0, 0.05) is 111 Å². The number of azo groups is 2. The fourth-order valence-corrected chi connectivity index (χ4v) is 8.52. The third kappa shape index (κ3) is 11.7. The van der Waals surface area contributed by atoms with Crippen LogP contribution >= 0.6 is 0 Å². The number of benzene rings is 7. The number of nitrogens with one attached hydrogen (secondary N) is 1. The zero-order chi connectivity index (χ0) is 45.4. The molecule has 0 saturated carbocycles. The second-order valence-electron chi connectivity index (χ2n) is 13.4. The van der Waals surface area contributed by atoms with Crippen LogP contribution in [0.3, 0.4) is 0 Å². The monoisotopic (exact) mass is 982 g/mol. The second-order valence-corrected chi connectivity index (χ2v) is 17.5. The summed E-state index contributed by atoms with van der Waals surface area (Å²) in [5.41, 5.74) is 0.308. The normalized spacial score (nSPS) is 11.8. The van der Waals surface area contributed by atoms with Crippen LogP contribution in [0.25, 0.3) is 32.7 Å². The maximum Gasteiger partial charge on any atom is 0.296 e. The molecule has 0 spiro atoms. The van der Waals surface area contributed by atoms with Crippen LogP contribution in [-0.4, -0.2) is 158 Å². The van der Waals surface area contributed by atoms with Gasteiger partial charge in [-0.05, 0) is 94.7 Å². The van der Waals surface area contributed by atoms with Crippen molar-refractivity contribution in [2.45, 2.75) is 14.7 Å². The minimum Gasteiger partial charge on any atom is -0.505 e. The first-order valence-corrected chi connectivity index (χ1v) is 22.2. The molecule has 325 valence electrons. The van der Waals surface area contributed by atoms with Crippen LogP contribution in [0.2, 0.25) is 0 Å². The number of carbonyl (C=O) groups is 1. The van der Waals surface area contributed by atoms with Crippen molar-refractivity contribution in [3.8, 4) is 34.1 Å². The zero-order valence-electron chi connectivity index (χ0n) is 35.4. The van der Waals surface area contributed by atoms with Crippen molar-refractivity contribution < 1.29 is 63.4 Å². The van der Waals surface area contributed by atoms with E-state index in [2.05, 4.69) is 25.8 Å². The van der Waals surface area contributed by atoms with Gasteiger partial charge in [0.15, 0.2) is 11.5 Å². The largest absolute Gasteiger partial charge is 0.505 e. The van der Waals surface area contributed by atoms with E-state index >= 15 is 0 Å². The number of ether oxygens (including phenoxy) is 2. The molecule has 0 unspecified atom stereocenters. The third-order valence-electron chi connectivity index (χ3n) is 9.43. The van der Waals surface area contributed by atoms with Crippen LogP contribution in [0, 0.1) is 0 Å². The van der Waals surface area contributed by atoms with Crippen LogP contribution < -0.4 is 14.8 Å². The molecule has 0 aromatic heterocycles. The van der Waals surface area contributed by atoms with Gasteiger partial charge < -0.3 is 25.0 Å². The van der Waals surface area contributed by atoms with Crippen molar-refractivity contribution in [2.24, 2.45) is 20.5 Å². The molecule has 25 heteroatoms. The molecule has 1 amide bonds. The van der Waals surface area contributed by atoms with E-state index in [0.717, 1.165) is 18.2 Å². The SMILES string of the molecule is COc1cc(-c2ccc(N=Nc3c(S(=O)(=O)O)cc4cccc(S(=O)(=O)O)c4c3O)c(OC)c2)ccc1N=Nc1c(S(=O)(=O)O)cc2cc(NC(=O)c3ccccc3)ccc2c1O.[Na].[Na].[Na]. The van der Waals surface area contributed by atoms with Crippen LogP contribution in [-0.2, 0) is 30.4 Å². The van der Waals surface area contributed by atoms with E-state index in [9.17, 15) is 53.9 Å². The Morgan fingerprint density at radius 2 is 1.03 bits per heavy atom. The molecule has 7 aromatic rings. The van der Waals surface area contributed by atoms with E-state index in [1.54, 1.807) is 42.5 Å². The molecule has 0 aliphatic heterocycles. The minimum absolute atomic E-state index is 0. The Morgan fingerprint density at radius 3 is 1.53 bits per heavy atom. The Labute approximate surface area is 443 Å². The number of phenols is 2. The molecule has 6 N–H and O–H groups in total. The van der Waals surface area contributed by atoms with Gasteiger partial charge in [0.25, 0.3) is 36.3 Å². The van der Waals surface area contributed by atoms with Gasteiger partial charge in [-0.15, -0.1) is 20.5 Å². The van der Waals surface area contributed by atoms with E-state index in [-0.39, 0.29) is 133 Å². The number of fused-ring (bicyclic) bond motifs is 2. The molecule has 0 atom stereocenters. The van der Waals surface area contributed by atoms with Gasteiger partial charge in [0.2, 0.25) is 0 Å². The van der Waals surface area contributed by atoms with Crippen molar-refractivity contribution in [1.29, 1.82) is 0 Å². The van der Waals surface area contributed by atoms with Crippen LogP contribution in [0.4, 0.5) is 28.4 Å². The first-order chi connectivity index (χ1) is 29.8. The molecule has 0 bridgehead atoms. The summed E-state index contributed by atoms with van der Waals surface area (Å²) in [6, 6.07) is 27.1. The Bertz CT molecular complexity index is 3440. The van der Waals surface area contributed by atoms with Crippen LogP contribution in [0.15, 0.2) is 150 Å². The van der Waals surface area contributed by atoms with Crippen LogP contribution in [0.5, 0.6) is 23.0 Å². The first-order valence-electron chi connectivity index (χ1n) is 17.9. The van der Waals surface area contributed by atoms with Gasteiger partial charge in [0.1, 0.15) is 48.9 Å². The fourth-order valence-electron chi connectivity index (χ4n) is 6.48. The maximum atomic E-state index is 12.7. The van der Waals surface area contributed by atoms with E-state index in [1.807, 2.05) is 0 Å². The molecule has 0 aliphatic rings. The van der Waals surface area contributed by atoms with Crippen molar-refractivity contribution >= 4 is 175 Å². The molecule has 0 heterocycles. The Morgan fingerprint density at radius 1 is 0.530 bits per heavy atom. The van der Waals surface area contributed by atoms with E-state index in [1.165, 1.54) is 68.8 Å². The van der Waals surface area contributed by atoms with Gasteiger partial charge in [-0.1, -0.05) is 42.5 Å². The minimum atomic E-state index is -5.07. The summed E-state index contributed by atoms with van der Waals surface area (Å²) in [7, 11) is -12.3. The predicted octanol–water partition coefficient (Wildman–Crippen LogP) is 7.77. The average molecular weight is 983 g/mol. The molecule has 7 rings (SSSR count). The Balaban J connectivity index is 0.00000317. The van der Waals surface area contributed by atoms with E-state index in [0.29, 0.717) is 16.7 Å². The van der Waals surface area contributed by atoms with Crippen molar-refractivity contribution in [2.75, 3.05) is 19.5 Å². The summed E-state index contributed by atoms with van der Waals surface area (Å²) < 4.78 is 115. The molecule has 0 aliphatic carbocycles. The second kappa shape index (κ2) is 21.7. The number of nitrogens with zero attached hydrogens (tertiary/aromatic N) is 4. The van der Waals surface area contributed by atoms with E-state index < -0.39 is 79.2 Å².